The molecule has 0 spiro atoms. The van der Waals surface area contributed by atoms with Gasteiger partial charge >= 0.3 is 0 Å². The first-order valence-electron chi connectivity index (χ1n) is 7.99. The molecule has 6 nitrogen and oxygen atoms in total. The van der Waals surface area contributed by atoms with E-state index in [0.29, 0.717) is 23.4 Å². The number of hydrazone groups is 1. The van der Waals surface area contributed by atoms with Gasteiger partial charge in [0.15, 0.2) is 0 Å². The SMILES string of the molecule is COc1cccc(C(=O)Nc2ccc(C3=NNC(=O)C[C@H]3C)cc2)c1. The molecule has 1 aliphatic rings. The Morgan fingerprint density at radius 1 is 1.24 bits per heavy atom. The second-order valence-corrected chi connectivity index (χ2v) is 5.90. The van der Waals surface area contributed by atoms with Crippen LogP contribution in [0.15, 0.2) is 53.6 Å². The number of carbonyl (C=O) groups is 2. The van der Waals surface area contributed by atoms with Gasteiger partial charge in [0.1, 0.15) is 5.75 Å². The van der Waals surface area contributed by atoms with Crippen LogP contribution in [0.3, 0.4) is 0 Å². The second kappa shape index (κ2) is 7.17. The summed E-state index contributed by atoms with van der Waals surface area (Å²) in [7, 11) is 1.56. The zero-order valence-corrected chi connectivity index (χ0v) is 14.1. The van der Waals surface area contributed by atoms with Crippen LogP contribution in [0.5, 0.6) is 5.75 Å². The zero-order valence-electron chi connectivity index (χ0n) is 14.1. The number of nitrogens with zero attached hydrogens (tertiary/aromatic N) is 1. The Morgan fingerprint density at radius 2 is 2.00 bits per heavy atom. The summed E-state index contributed by atoms with van der Waals surface area (Å²) in [4.78, 5) is 23.7. The molecule has 2 N–H and O–H groups in total. The number of rotatable bonds is 4. The molecule has 1 heterocycles. The molecular weight excluding hydrogens is 318 g/mol. The van der Waals surface area contributed by atoms with E-state index >= 15 is 0 Å². The van der Waals surface area contributed by atoms with Crippen molar-refractivity contribution in [3.05, 3.63) is 59.7 Å². The molecule has 0 bridgehead atoms. The van der Waals surface area contributed by atoms with Crippen LogP contribution in [0.4, 0.5) is 5.69 Å². The molecule has 0 aliphatic carbocycles. The number of anilines is 1. The molecule has 2 aromatic rings. The Balaban J connectivity index is 1.72. The van der Waals surface area contributed by atoms with E-state index < -0.39 is 0 Å². The minimum Gasteiger partial charge on any atom is -0.497 e. The summed E-state index contributed by atoms with van der Waals surface area (Å²) >= 11 is 0. The van der Waals surface area contributed by atoms with Crippen molar-refractivity contribution in [1.29, 1.82) is 0 Å². The average Bonchev–Trinajstić information content (AvgIpc) is 2.62. The van der Waals surface area contributed by atoms with Crippen molar-refractivity contribution in [2.45, 2.75) is 13.3 Å². The summed E-state index contributed by atoms with van der Waals surface area (Å²) in [6.45, 7) is 1.97. The lowest BCUT2D eigenvalue weighted by molar-refractivity contribution is -0.121. The lowest BCUT2D eigenvalue weighted by Gasteiger charge is -2.19. The largest absolute Gasteiger partial charge is 0.497 e. The molecule has 1 atom stereocenters. The number of benzene rings is 2. The number of hydrogen-bond acceptors (Lipinski definition) is 4. The molecule has 128 valence electrons. The molecule has 2 aromatic carbocycles. The predicted molar refractivity (Wildman–Crippen MR) is 95.8 cm³/mol. The number of amides is 2. The Kier molecular flexibility index (Phi) is 4.79. The van der Waals surface area contributed by atoms with E-state index in [1.54, 1.807) is 31.4 Å². The molecule has 0 saturated carbocycles. The Hall–Kier alpha value is -3.15. The summed E-state index contributed by atoms with van der Waals surface area (Å²) in [5.41, 5.74) is 5.48. The quantitative estimate of drug-likeness (QED) is 0.900. The molecule has 2 amide bonds. The predicted octanol–water partition coefficient (Wildman–Crippen LogP) is 2.81. The van der Waals surface area contributed by atoms with Crippen molar-refractivity contribution in [3.63, 3.8) is 0 Å². The third kappa shape index (κ3) is 3.85. The van der Waals surface area contributed by atoms with E-state index in [0.717, 1.165) is 11.3 Å². The van der Waals surface area contributed by atoms with Gasteiger partial charge in [-0.1, -0.05) is 25.1 Å². The minimum absolute atomic E-state index is 0.0611. The van der Waals surface area contributed by atoms with Crippen LogP contribution in [0.2, 0.25) is 0 Å². The minimum atomic E-state index is -0.206. The molecular formula is C19H19N3O3. The molecule has 0 fully saturated rings. The summed E-state index contributed by atoms with van der Waals surface area (Å²) < 4.78 is 5.13. The van der Waals surface area contributed by atoms with Crippen LogP contribution < -0.4 is 15.5 Å². The van der Waals surface area contributed by atoms with Crippen LogP contribution >= 0.6 is 0 Å². The lowest BCUT2D eigenvalue weighted by atomic mass is 9.94. The fourth-order valence-electron chi connectivity index (χ4n) is 2.69. The topological polar surface area (TPSA) is 79.8 Å². The number of ether oxygens (including phenoxy) is 1. The van der Waals surface area contributed by atoms with Gasteiger partial charge < -0.3 is 10.1 Å². The van der Waals surface area contributed by atoms with E-state index in [9.17, 15) is 9.59 Å². The Labute approximate surface area is 145 Å². The van der Waals surface area contributed by atoms with Crippen molar-refractivity contribution in [1.82, 2.24) is 5.43 Å². The molecule has 1 aliphatic heterocycles. The van der Waals surface area contributed by atoms with E-state index in [2.05, 4.69) is 15.8 Å². The fraction of sp³-hybridized carbons (Fsp3) is 0.211. The van der Waals surface area contributed by atoms with Crippen molar-refractivity contribution in [2.24, 2.45) is 11.0 Å². The average molecular weight is 337 g/mol. The van der Waals surface area contributed by atoms with Gasteiger partial charge in [0.2, 0.25) is 5.91 Å². The van der Waals surface area contributed by atoms with Gasteiger partial charge in [-0.25, -0.2) is 5.43 Å². The highest BCUT2D eigenvalue weighted by Crippen LogP contribution is 2.19. The highest BCUT2D eigenvalue weighted by Gasteiger charge is 2.21. The first-order chi connectivity index (χ1) is 12.1. The number of methoxy groups -OCH3 is 1. The van der Waals surface area contributed by atoms with Crippen LogP contribution in [0, 0.1) is 5.92 Å². The van der Waals surface area contributed by atoms with E-state index in [4.69, 9.17) is 4.74 Å². The van der Waals surface area contributed by atoms with Crippen LogP contribution in [-0.4, -0.2) is 24.6 Å². The van der Waals surface area contributed by atoms with Gasteiger partial charge in [0, 0.05) is 23.6 Å². The molecule has 0 aromatic heterocycles. The summed E-state index contributed by atoms with van der Waals surface area (Å²) in [5.74, 6) is 0.418. The van der Waals surface area contributed by atoms with Crippen molar-refractivity contribution >= 4 is 23.2 Å². The standard InChI is InChI=1S/C19H19N3O3/c1-12-10-17(23)21-22-18(12)13-6-8-15(9-7-13)20-19(24)14-4-3-5-16(11-14)25-2/h3-9,11-12H,10H2,1-2H3,(H,20,24)(H,21,23)/t12-/m1/s1. The molecule has 0 unspecified atom stereocenters. The second-order valence-electron chi connectivity index (χ2n) is 5.90. The van der Waals surface area contributed by atoms with Gasteiger partial charge in [0.05, 0.1) is 12.8 Å². The summed E-state index contributed by atoms with van der Waals surface area (Å²) in [5, 5.41) is 6.99. The summed E-state index contributed by atoms with van der Waals surface area (Å²) in [6, 6.07) is 14.4. The van der Waals surface area contributed by atoms with E-state index in [1.165, 1.54) is 0 Å². The third-order valence-electron chi connectivity index (χ3n) is 4.03. The Bertz CT molecular complexity index is 828. The van der Waals surface area contributed by atoms with E-state index in [-0.39, 0.29) is 17.7 Å². The highest BCUT2D eigenvalue weighted by molar-refractivity contribution is 6.07. The van der Waals surface area contributed by atoms with Crippen LogP contribution in [0.25, 0.3) is 0 Å². The zero-order chi connectivity index (χ0) is 17.8. The van der Waals surface area contributed by atoms with Gasteiger partial charge in [-0.3, -0.25) is 9.59 Å². The normalized spacial score (nSPS) is 16.6. The molecule has 0 radical (unpaired) electrons. The van der Waals surface area contributed by atoms with Gasteiger partial charge in [0.25, 0.3) is 5.91 Å². The molecule has 3 rings (SSSR count). The number of hydrogen-bond donors (Lipinski definition) is 2. The Morgan fingerprint density at radius 3 is 2.68 bits per heavy atom. The highest BCUT2D eigenvalue weighted by atomic mass is 16.5. The van der Waals surface area contributed by atoms with Crippen molar-refractivity contribution in [2.75, 3.05) is 12.4 Å². The van der Waals surface area contributed by atoms with Gasteiger partial charge in [-0.2, -0.15) is 5.10 Å². The maximum Gasteiger partial charge on any atom is 0.255 e. The lowest BCUT2D eigenvalue weighted by Crippen LogP contribution is -2.31. The van der Waals surface area contributed by atoms with Crippen molar-refractivity contribution < 1.29 is 14.3 Å². The van der Waals surface area contributed by atoms with Gasteiger partial charge in [-0.15, -0.1) is 0 Å². The fourth-order valence-corrected chi connectivity index (χ4v) is 2.69. The molecule has 6 heteroatoms. The van der Waals surface area contributed by atoms with E-state index in [1.807, 2.05) is 31.2 Å². The smallest absolute Gasteiger partial charge is 0.255 e. The number of nitrogens with one attached hydrogen (secondary N) is 2. The monoisotopic (exact) mass is 337 g/mol. The van der Waals surface area contributed by atoms with Crippen molar-refractivity contribution in [3.8, 4) is 5.75 Å². The maximum absolute atomic E-state index is 12.3. The molecule has 0 saturated heterocycles. The van der Waals surface area contributed by atoms with Crippen LogP contribution in [-0.2, 0) is 4.79 Å². The third-order valence-corrected chi connectivity index (χ3v) is 4.03. The van der Waals surface area contributed by atoms with Gasteiger partial charge in [-0.05, 0) is 35.9 Å². The first-order valence-corrected chi connectivity index (χ1v) is 7.99. The molecule has 25 heavy (non-hydrogen) atoms. The van der Waals surface area contributed by atoms with Crippen LogP contribution in [0.1, 0.15) is 29.3 Å². The maximum atomic E-state index is 12.3. The summed E-state index contributed by atoms with van der Waals surface area (Å²) in [6.07, 6.45) is 0.424. The number of carbonyl (C=O) groups excluding carboxylic acids is 2. The first kappa shape index (κ1) is 16.7.